The normalized spacial score (nSPS) is 19.4. The van der Waals surface area contributed by atoms with Crippen LogP contribution < -0.4 is 20.5 Å². The predicted molar refractivity (Wildman–Crippen MR) is 122 cm³/mol. The van der Waals surface area contributed by atoms with Gasteiger partial charge in [-0.2, -0.15) is 0 Å². The van der Waals surface area contributed by atoms with E-state index >= 15 is 4.39 Å². The van der Waals surface area contributed by atoms with Gasteiger partial charge in [-0.15, -0.1) is 0 Å². The number of hydrogen-bond donors (Lipinski definition) is 2. The topological polar surface area (TPSA) is 90.0 Å². The van der Waals surface area contributed by atoms with Crippen LogP contribution in [0, 0.1) is 12.7 Å². The fourth-order valence-electron chi connectivity index (χ4n) is 4.21. The molecule has 10 heteroatoms. The molecule has 0 saturated carbocycles. The third-order valence-corrected chi connectivity index (χ3v) is 5.80. The monoisotopic (exact) mass is 456 g/mol. The van der Waals surface area contributed by atoms with Crippen molar-refractivity contribution in [1.82, 2.24) is 20.7 Å². The van der Waals surface area contributed by atoms with Crippen LogP contribution in [0.2, 0.25) is 0 Å². The maximum absolute atomic E-state index is 15.3. The molecule has 33 heavy (non-hydrogen) atoms. The van der Waals surface area contributed by atoms with Crippen LogP contribution in [0.15, 0.2) is 36.7 Å². The summed E-state index contributed by atoms with van der Waals surface area (Å²) in [5, 5.41) is 4.77. The molecular formula is C23H29FN6O3. The van der Waals surface area contributed by atoms with Crippen LogP contribution in [0.3, 0.4) is 0 Å². The molecule has 0 bridgehead atoms. The van der Waals surface area contributed by atoms with Crippen LogP contribution in [0.1, 0.15) is 18.1 Å². The van der Waals surface area contributed by atoms with Crippen molar-refractivity contribution in [2.45, 2.75) is 26.5 Å². The highest BCUT2D eigenvalue weighted by molar-refractivity contribution is 5.90. The van der Waals surface area contributed by atoms with E-state index in [1.165, 1.54) is 17.9 Å². The molecular weight excluding hydrogens is 427 g/mol. The lowest BCUT2D eigenvalue weighted by Gasteiger charge is -2.26. The fourth-order valence-corrected chi connectivity index (χ4v) is 4.21. The number of amides is 2. The number of carbonyl (C=O) groups excluding carboxylic acids is 2. The number of aromatic nitrogens is 1. The Bertz CT molecular complexity index is 982. The molecule has 0 radical (unpaired) electrons. The Balaban J connectivity index is 1.43. The maximum Gasteiger partial charge on any atom is 0.414 e. The van der Waals surface area contributed by atoms with Gasteiger partial charge >= 0.3 is 6.09 Å². The van der Waals surface area contributed by atoms with E-state index in [0.717, 1.165) is 24.2 Å². The summed E-state index contributed by atoms with van der Waals surface area (Å²) in [5.74, 6) is -0.562. The second kappa shape index (κ2) is 10.1. The van der Waals surface area contributed by atoms with E-state index < -0.39 is 12.2 Å². The lowest BCUT2D eigenvalue weighted by atomic mass is 10.1. The number of cyclic esters (lactones) is 1. The van der Waals surface area contributed by atoms with Crippen molar-refractivity contribution in [2.75, 3.05) is 49.1 Å². The van der Waals surface area contributed by atoms with Crippen LogP contribution >= 0.6 is 0 Å². The molecule has 3 heterocycles. The van der Waals surface area contributed by atoms with Crippen LogP contribution in [-0.2, 0) is 16.1 Å². The molecule has 1 aromatic carbocycles. The van der Waals surface area contributed by atoms with Crippen molar-refractivity contribution in [3.63, 3.8) is 0 Å². The molecule has 2 saturated heterocycles. The molecule has 2 aliphatic heterocycles. The summed E-state index contributed by atoms with van der Waals surface area (Å²) in [6, 6.07) is 7.17. The lowest BCUT2D eigenvalue weighted by Crippen LogP contribution is -2.38. The van der Waals surface area contributed by atoms with Gasteiger partial charge in [0.15, 0.2) is 0 Å². The number of halogens is 1. The summed E-state index contributed by atoms with van der Waals surface area (Å²) < 4.78 is 20.6. The van der Waals surface area contributed by atoms with E-state index in [4.69, 9.17) is 4.74 Å². The molecule has 0 unspecified atom stereocenters. The van der Waals surface area contributed by atoms with Crippen molar-refractivity contribution in [3.8, 4) is 0 Å². The molecule has 2 amide bonds. The van der Waals surface area contributed by atoms with Crippen molar-refractivity contribution in [1.29, 1.82) is 0 Å². The molecule has 1 aromatic heterocycles. The summed E-state index contributed by atoms with van der Waals surface area (Å²) in [6.07, 6.45) is 2.55. The standard InChI is InChI=1S/C23H29FN6O3/c1-16-11-19(30-15-20(33-23(30)32)13-26-17(2)31)12-21(24)22(16)28-8-7-27-29(10-9-28)14-18-3-5-25-6-4-18/h3-6,11-12,20,27H,7-10,13-15H2,1-2H3,(H,26,31)/t20-/m0/s1. The smallest absolute Gasteiger partial charge is 0.414 e. The minimum Gasteiger partial charge on any atom is -0.442 e. The Kier molecular flexibility index (Phi) is 7.05. The number of hydrogen-bond acceptors (Lipinski definition) is 7. The van der Waals surface area contributed by atoms with Crippen molar-refractivity contribution in [2.24, 2.45) is 0 Å². The minimum atomic E-state index is -0.539. The number of aryl methyl sites for hydroxylation is 1. The first-order valence-corrected chi connectivity index (χ1v) is 11.1. The van der Waals surface area contributed by atoms with E-state index in [9.17, 15) is 9.59 Å². The number of ether oxygens (including phenoxy) is 1. The molecule has 9 nitrogen and oxygen atoms in total. The average molecular weight is 457 g/mol. The number of hydrazine groups is 1. The number of rotatable bonds is 6. The van der Waals surface area contributed by atoms with Crippen LogP contribution in [-0.4, -0.2) is 67.4 Å². The second-order valence-corrected chi connectivity index (χ2v) is 8.32. The fraction of sp³-hybridized carbons (Fsp3) is 0.435. The van der Waals surface area contributed by atoms with Crippen LogP contribution in [0.4, 0.5) is 20.6 Å². The van der Waals surface area contributed by atoms with Gasteiger partial charge in [0.25, 0.3) is 0 Å². The average Bonchev–Trinajstić information content (AvgIpc) is 3.01. The van der Waals surface area contributed by atoms with E-state index in [2.05, 4.69) is 20.7 Å². The van der Waals surface area contributed by atoms with Crippen molar-refractivity contribution < 1.29 is 18.7 Å². The molecule has 1 atom stereocenters. The summed E-state index contributed by atoms with van der Waals surface area (Å²) in [6.45, 7) is 7.24. The first kappa shape index (κ1) is 22.9. The Morgan fingerprint density at radius 1 is 1.27 bits per heavy atom. The SMILES string of the molecule is CC(=O)NC[C@H]1CN(c2cc(C)c(N3CCNN(Cc4ccncc4)CC3)c(F)c2)C(=O)O1. The summed E-state index contributed by atoms with van der Waals surface area (Å²) in [7, 11) is 0. The Hall–Kier alpha value is -3.24. The van der Waals surface area contributed by atoms with E-state index in [-0.39, 0.29) is 24.8 Å². The number of benzene rings is 1. The Labute approximate surface area is 192 Å². The highest BCUT2D eigenvalue weighted by atomic mass is 19.1. The van der Waals surface area contributed by atoms with Gasteiger partial charge in [0.05, 0.1) is 24.5 Å². The molecule has 4 rings (SSSR count). The van der Waals surface area contributed by atoms with E-state index in [1.54, 1.807) is 12.4 Å². The van der Waals surface area contributed by atoms with Gasteiger partial charge in [0, 0.05) is 52.0 Å². The highest BCUT2D eigenvalue weighted by Gasteiger charge is 2.33. The zero-order chi connectivity index (χ0) is 23.4. The second-order valence-electron chi connectivity index (χ2n) is 8.32. The first-order valence-electron chi connectivity index (χ1n) is 11.1. The molecule has 2 aliphatic rings. The van der Waals surface area contributed by atoms with Crippen LogP contribution in [0.5, 0.6) is 0 Å². The number of carbonyl (C=O) groups is 2. The van der Waals surface area contributed by atoms with Gasteiger partial charge in [0.2, 0.25) is 5.91 Å². The molecule has 2 N–H and O–H groups in total. The van der Waals surface area contributed by atoms with Crippen LogP contribution in [0.25, 0.3) is 0 Å². The summed E-state index contributed by atoms with van der Waals surface area (Å²) in [4.78, 5) is 30.9. The van der Waals surface area contributed by atoms with Crippen molar-refractivity contribution in [3.05, 3.63) is 53.6 Å². The van der Waals surface area contributed by atoms with Gasteiger partial charge in [-0.05, 0) is 42.3 Å². The Morgan fingerprint density at radius 3 is 2.79 bits per heavy atom. The van der Waals surface area contributed by atoms with E-state index in [0.29, 0.717) is 31.0 Å². The number of anilines is 2. The van der Waals surface area contributed by atoms with Gasteiger partial charge in [-0.3, -0.25) is 20.1 Å². The predicted octanol–water partition coefficient (Wildman–Crippen LogP) is 1.82. The summed E-state index contributed by atoms with van der Waals surface area (Å²) >= 11 is 0. The zero-order valence-corrected chi connectivity index (χ0v) is 18.9. The van der Waals surface area contributed by atoms with Gasteiger partial charge in [-0.25, -0.2) is 14.2 Å². The molecule has 0 spiro atoms. The highest BCUT2D eigenvalue weighted by Crippen LogP contribution is 2.31. The number of nitrogens with one attached hydrogen (secondary N) is 2. The van der Waals surface area contributed by atoms with Gasteiger partial charge in [0.1, 0.15) is 11.9 Å². The lowest BCUT2D eigenvalue weighted by molar-refractivity contribution is -0.119. The molecule has 0 aliphatic carbocycles. The third-order valence-electron chi connectivity index (χ3n) is 5.80. The largest absolute Gasteiger partial charge is 0.442 e. The molecule has 2 fully saturated rings. The van der Waals surface area contributed by atoms with Crippen molar-refractivity contribution >= 4 is 23.4 Å². The quantitative estimate of drug-likeness (QED) is 0.685. The van der Waals surface area contributed by atoms with Gasteiger partial charge < -0.3 is 15.0 Å². The minimum absolute atomic E-state index is 0.193. The zero-order valence-electron chi connectivity index (χ0n) is 18.9. The maximum atomic E-state index is 15.3. The van der Waals surface area contributed by atoms with E-state index in [1.807, 2.05) is 30.0 Å². The molecule has 2 aromatic rings. The summed E-state index contributed by atoms with van der Waals surface area (Å²) in [5.41, 5.74) is 6.32. The number of pyridine rings is 1. The first-order chi connectivity index (χ1) is 15.9. The third kappa shape index (κ3) is 5.58. The van der Waals surface area contributed by atoms with Gasteiger partial charge in [-0.1, -0.05) is 0 Å². The number of nitrogens with zero attached hydrogens (tertiary/aromatic N) is 4. The molecule has 176 valence electrons. The Morgan fingerprint density at radius 2 is 2.06 bits per heavy atom.